The van der Waals surface area contributed by atoms with E-state index in [9.17, 15) is 9.90 Å². The molecule has 1 aromatic heterocycles. The van der Waals surface area contributed by atoms with E-state index < -0.39 is 5.97 Å². The molecule has 1 aliphatic rings. The normalized spacial score (nSPS) is 12.9. The zero-order valence-corrected chi connectivity index (χ0v) is 23.0. The monoisotopic (exact) mass is 543 g/mol. The Morgan fingerprint density at radius 1 is 1.00 bits per heavy atom. The van der Waals surface area contributed by atoms with Crippen LogP contribution in [0.2, 0.25) is 0 Å². The summed E-state index contributed by atoms with van der Waals surface area (Å²) < 4.78 is 3.32. The Bertz CT molecular complexity index is 1780. The standard InChI is InChI=1S/C34H29N3O2S/c1-40-36-30-6-2-4-24(19-30)21-37-17-15-25-10-8-23(18-29(25)22-37)9-11-27-5-3-7-31(34(38)39)33(27)28-13-12-26-14-16-35-32(26)20-28/h2-8,10,12-14,16,18-20,35-36H,15,17,21-22H2,1H3,(H,38,39). The van der Waals surface area contributed by atoms with Crippen molar-refractivity contribution in [1.29, 1.82) is 0 Å². The molecule has 0 saturated heterocycles. The maximum absolute atomic E-state index is 12.1. The van der Waals surface area contributed by atoms with Crippen LogP contribution in [0.15, 0.2) is 91.1 Å². The molecular weight excluding hydrogens is 514 g/mol. The fourth-order valence-corrected chi connectivity index (χ4v) is 5.79. The minimum Gasteiger partial charge on any atom is -0.478 e. The summed E-state index contributed by atoms with van der Waals surface area (Å²) in [5.41, 5.74) is 9.39. The average Bonchev–Trinajstić information content (AvgIpc) is 3.44. The van der Waals surface area contributed by atoms with Crippen molar-refractivity contribution in [3.63, 3.8) is 0 Å². The highest BCUT2D eigenvalue weighted by molar-refractivity contribution is 7.99. The Labute approximate surface area is 238 Å². The van der Waals surface area contributed by atoms with Crippen LogP contribution in [0.1, 0.15) is 38.2 Å². The summed E-state index contributed by atoms with van der Waals surface area (Å²) in [6, 6.07) is 28.3. The summed E-state index contributed by atoms with van der Waals surface area (Å²) in [6.07, 6.45) is 4.92. The molecule has 0 unspecified atom stereocenters. The van der Waals surface area contributed by atoms with Gasteiger partial charge in [-0.1, -0.05) is 60.2 Å². The number of anilines is 1. The van der Waals surface area contributed by atoms with E-state index in [0.717, 1.165) is 53.8 Å². The molecule has 5 nitrogen and oxygen atoms in total. The van der Waals surface area contributed by atoms with Gasteiger partial charge in [-0.3, -0.25) is 4.90 Å². The third kappa shape index (κ3) is 5.48. The fraction of sp³-hybridized carbons (Fsp3) is 0.147. The van der Waals surface area contributed by atoms with Crippen LogP contribution in [0.5, 0.6) is 0 Å². The Balaban J connectivity index is 1.28. The average molecular weight is 544 g/mol. The predicted molar refractivity (Wildman–Crippen MR) is 165 cm³/mol. The number of rotatable bonds is 6. The van der Waals surface area contributed by atoms with Crippen LogP contribution >= 0.6 is 11.9 Å². The number of carboxylic acid groups (broad SMARTS) is 1. The molecule has 40 heavy (non-hydrogen) atoms. The number of hydrogen-bond donors (Lipinski definition) is 3. The van der Waals surface area contributed by atoms with Gasteiger partial charge in [0.15, 0.2) is 0 Å². The van der Waals surface area contributed by atoms with E-state index in [-0.39, 0.29) is 5.56 Å². The zero-order valence-electron chi connectivity index (χ0n) is 22.2. The van der Waals surface area contributed by atoms with Crippen molar-refractivity contribution in [3.8, 4) is 23.0 Å². The maximum atomic E-state index is 12.1. The van der Waals surface area contributed by atoms with Crippen LogP contribution in [0.4, 0.5) is 5.69 Å². The summed E-state index contributed by atoms with van der Waals surface area (Å²) in [5.74, 6) is 5.66. The van der Waals surface area contributed by atoms with Crippen molar-refractivity contribution < 1.29 is 9.90 Å². The number of carbonyl (C=O) groups is 1. The van der Waals surface area contributed by atoms with Crippen molar-refractivity contribution >= 4 is 34.5 Å². The molecule has 0 spiro atoms. The molecule has 3 N–H and O–H groups in total. The van der Waals surface area contributed by atoms with Crippen LogP contribution in [-0.4, -0.2) is 33.8 Å². The quantitative estimate of drug-likeness (QED) is 0.156. The number of fused-ring (bicyclic) bond motifs is 2. The van der Waals surface area contributed by atoms with Crippen LogP contribution in [-0.2, 0) is 19.5 Å². The van der Waals surface area contributed by atoms with Crippen molar-refractivity contribution in [2.75, 3.05) is 17.5 Å². The number of nitrogens with one attached hydrogen (secondary N) is 2. The Kier molecular flexibility index (Phi) is 7.33. The SMILES string of the molecule is CSNc1cccc(CN2CCc3ccc(C#Cc4cccc(C(=O)O)c4-c4ccc5cc[nH]c5c4)cc3C2)c1. The molecule has 0 saturated carbocycles. The highest BCUT2D eigenvalue weighted by atomic mass is 32.2. The smallest absolute Gasteiger partial charge is 0.336 e. The van der Waals surface area contributed by atoms with E-state index in [2.05, 4.69) is 68.9 Å². The summed E-state index contributed by atoms with van der Waals surface area (Å²) in [7, 11) is 0. The van der Waals surface area contributed by atoms with Crippen LogP contribution in [0.3, 0.4) is 0 Å². The topological polar surface area (TPSA) is 68.4 Å². The fourth-order valence-electron chi connectivity index (χ4n) is 5.43. The molecule has 0 aliphatic carbocycles. The number of aromatic carboxylic acids is 1. The van der Waals surface area contributed by atoms with Crippen molar-refractivity contribution in [2.45, 2.75) is 19.5 Å². The Morgan fingerprint density at radius 3 is 2.77 bits per heavy atom. The molecular formula is C34H29N3O2S. The summed E-state index contributed by atoms with van der Waals surface area (Å²) in [6.45, 7) is 2.80. The molecule has 6 heteroatoms. The molecule has 2 heterocycles. The first-order valence-corrected chi connectivity index (χ1v) is 14.5. The summed E-state index contributed by atoms with van der Waals surface area (Å²) in [4.78, 5) is 17.8. The number of benzene rings is 4. The highest BCUT2D eigenvalue weighted by Crippen LogP contribution is 2.30. The number of H-pyrrole nitrogens is 1. The number of hydrogen-bond acceptors (Lipinski definition) is 4. The van der Waals surface area contributed by atoms with Gasteiger partial charge < -0.3 is 14.8 Å². The summed E-state index contributed by atoms with van der Waals surface area (Å²) >= 11 is 1.60. The lowest BCUT2D eigenvalue weighted by Crippen LogP contribution is -2.30. The second-order valence-electron chi connectivity index (χ2n) is 10.0. The van der Waals surface area contributed by atoms with Crippen LogP contribution < -0.4 is 4.72 Å². The first kappa shape index (κ1) is 25.8. The van der Waals surface area contributed by atoms with Gasteiger partial charge in [0.05, 0.1) is 5.56 Å². The molecule has 6 rings (SSSR count). The Hall–Kier alpha value is -4.44. The van der Waals surface area contributed by atoms with E-state index in [1.807, 2.05) is 42.8 Å². The molecule has 0 bridgehead atoms. The number of carboxylic acids is 1. The molecule has 0 fully saturated rings. The van der Waals surface area contributed by atoms with Crippen molar-refractivity contribution in [3.05, 3.63) is 125 Å². The van der Waals surface area contributed by atoms with Crippen LogP contribution in [0.25, 0.3) is 22.0 Å². The van der Waals surface area contributed by atoms with Gasteiger partial charge in [0.1, 0.15) is 0 Å². The van der Waals surface area contributed by atoms with Gasteiger partial charge in [-0.25, -0.2) is 4.79 Å². The van der Waals surface area contributed by atoms with E-state index in [1.54, 1.807) is 24.1 Å². The van der Waals surface area contributed by atoms with E-state index in [0.29, 0.717) is 11.1 Å². The van der Waals surface area contributed by atoms with Gasteiger partial charge in [-0.15, -0.1) is 0 Å². The predicted octanol–water partition coefficient (Wildman–Crippen LogP) is 7.18. The number of aromatic nitrogens is 1. The lowest BCUT2D eigenvalue weighted by Gasteiger charge is -2.29. The third-order valence-corrected chi connectivity index (χ3v) is 7.77. The first-order valence-electron chi connectivity index (χ1n) is 13.3. The van der Waals surface area contributed by atoms with Gasteiger partial charge in [0, 0.05) is 60.0 Å². The molecule has 0 amide bonds. The van der Waals surface area contributed by atoms with E-state index in [1.165, 1.54) is 16.7 Å². The number of aromatic amines is 1. The lowest BCUT2D eigenvalue weighted by molar-refractivity contribution is 0.0697. The van der Waals surface area contributed by atoms with Gasteiger partial charge in [-0.05, 0) is 82.6 Å². The van der Waals surface area contributed by atoms with E-state index in [4.69, 9.17) is 0 Å². The van der Waals surface area contributed by atoms with Crippen molar-refractivity contribution in [2.24, 2.45) is 0 Å². The molecule has 0 radical (unpaired) electrons. The van der Waals surface area contributed by atoms with Crippen LogP contribution in [0, 0.1) is 11.8 Å². The molecule has 0 atom stereocenters. The second-order valence-corrected chi connectivity index (χ2v) is 10.6. The highest BCUT2D eigenvalue weighted by Gasteiger charge is 2.18. The van der Waals surface area contributed by atoms with Crippen molar-refractivity contribution in [1.82, 2.24) is 9.88 Å². The second kappa shape index (κ2) is 11.4. The van der Waals surface area contributed by atoms with Gasteiger partial charge in [0.2, 0.25) is 0 Å². The number of nitrogens with zero attached hydrogens (tertiary/aromatic N) is 1. The summed E-state index contributed by atoms with van der Waals surface area (Å²) in [5, 5.41) is 11.0. The first-order chi connectivity index (χ1) is 19.6. The minimum atomic E-state index is -0.964. The molecule has 1 aliphatic heterocycles. The zero-order chi connectivity index (χ0) is 27.5. The maximum Gasteiger partial charge on any atom is 0.336 e. The van der Waals surface area contributed by atoms with Gasteiger partial charge in [-0.2, -0.15) is 0 Å². The molecule has 4 aromatic carbocycles. The minimum absolute atomic E-state index is 0.246. The molecule has 198 valence electrons. The van der Waals surface area contributed by atoms with Gasteiger partial charge in [0.25, 0.3) is 0 Å². The third-order valence-electron chi connectivity index (χ3n) is 7.33. The van der Waals surface area contributed by atoms with Gasteiger partial charge >= 0.3 is 5.97 Å². The largest absolute Gasteiger partial charge is 0.478 e. The molecule has 5 aromatic rings. The van der Waals surface area contributed by atoms with E-state index >= 15 is 0 Å². The Morgan fingerprint density at radius 2 is 1.90 bits per heavy atom. The lowest BCUT2D eigenvalue weighted by atomic mass is 9.93.